The van der Waals surface area contributed by atoms with E-state index >= 15 is 0 Å². The zero-order valence-electron chi connectivity index (χ0n) is 9.29. The lowest BCUT2D eigenvalue weighted by atomic mass is 10.2. The molecule has 1 aromatic carbocycles. The predicted molar refractivity (Wildman–Crippen MR) is 59.4 cm³/mol. The van der Waals surface area contributed by atoms with Gasteiger partial charge in [0.05, 0.1) is 0 Å². The lowest BCUT2D eigenvalue weighted by Crippen LogP contribution is -1.70. The molecule has 0 aliphatic rings. The van der Waals surface area contributed by atoms with Gasteiger partial charge in [-0.2, -0.15) is 0 Å². The fourth-order valence-electron chi connectivity index (χ4n) is 1.15. The van der Waals surface area contributed by atoms with Crippen LogP contribution in [0.3, 0.4) is 0 Å². The summed E-state index contributed by atoms with van der Waals surface area (Å²) in [5.41, 5.74) is 3.02. The van der Waals surface area contributed by atoms with Crippen LogP contribution in [-0.4, -0.2) is 4.98 Å². The molecule has 0 aliphatic carbocycles. The Balaban J connectivity index is 0.000000293. The van der Waals surface area contributed by atoms with Crippen LogP contribution >= 0.6 is 0 Å². The standard InChI is InChI=1S/C9H9NO.C3H8/c1-6-3-4-8-9(5-6)11-7(2)10-8;1-3-2/h3-5H,1-2H3;3H2,1-2H3. The molecule has 0 saturated carbocycles. The van der Waals surface area contributed by atoms with Gasteiger partial charge in [0, 0.05) is 6.92 Å². The average Bonchev–Trinajstić information content (AvgIpc) is 2.45. The van der Waals surface area contributed by atoms with Crippen LogP contribution in [0.5, 0.6) is 0 Å². The summed E-state index contributed by atoms with van der Waals surface area (Å²) in [6.07, 6.45) is 1.25. The normalized spacial score (nSPS) is 9.71. The van der Waals surface area contributed by atoms with Gasteiger partial charge in [-0.15, -0.1) is 0 Å². The van der Waals surface area contributed by atoms with Crippen molar-refractivity contribution in [3.63, 3.8) is 0 Å². The second kappa shape index (κ2) is 4.80. The van der Waals surface area contributed by atoms with Crippen molar-refractivity contribution in [2.24, 2.45) is 0 Å². The maximum Gasteiger partial charge on any atom is 0.192 e. The molecule has 2 nitrogen and oxygen atoms in total. The summed E-state index contributed by atoms with van der Waals surface area (Å²) in [4.78, 5) is 4.19. The monoisotopic (exact) mass is 191 g/mol. The molecule has 14 heavy (non-hydrogen) atoms. The third kappa shape index (κ3) is 2.59. The number of oxazole rings is 1. The van der Waals surface area contributed by atoms with E-state index in [0.717, 1.165) is 17.0 Å². The molecule has 0 amide bonds. The number of hydrogen-bond acceptors (Lipinski definition) is 2. The molecule has 0 bridgehead atoms. The maximum atomic E-state index is 5.34. The third-order valence-corrected chi connectivity index (χ3v) is 1.65. The van der Waals surface area contributed by atoms with Crippen molar-refractivity contribution in [1.82, 2.24) is 4.98 Å². The highest BCUT2D eigenvalue weighted by Crippen LogP contribution is 2.15. The Morgan fingerprint density at radius 2 is 1.86 bits per heavy atom. The van der Waals surface area contributed by atoms with Crippen LogP contribution in [0, 0.1) is 13.8 Å². The molecule has 0 radical (unpaired) electrons. The Labute approximate surface area is 85.0 Å². The molecule has 76 valence electrons. The zero-order chi connectivity index (χ0) is 10.6. The number of fused-ring (bicyclic) bond motifs is 1. The number of benzene rings is 1. The van der Waals surface area contributed by atoms with Crippen molar-refractivity contribution in [2.45, 2.75) is 34.1 Å². The van der Waals surface area contributed by atoms with Gasteiger partial charge in [-0.25, -0.2) is 4.98 Å². The lowest BCUT2D eigenvalue weighted by Gasteiger charge is -1.87. The third-order valence-electron chi connectivity index (χ3n) is 1.65. The van der Waals surface area contributed by atoms with Crippen LogP contribution in [0.15, 0.2) is 22.6 Å². The number of aryl methyl sites for hydroxylation is 2. The summed E-state index contributed by atoms with van der Waals surface area (Å²) in [5, 5.41) is 0. The Kier molecular flexibility index (Phi) is 3.69. The largest absolute Gasteiger partial charge is 0.441 e. The second-order valence-corrected chi connectivity index (χ2v) is 3.41. The highest BCUT2D eigenvalue weighted by molar-refractivity contribution is 5.73. The Bertz CT molecular complexity index is 404. The van der Waals surface area contributed by atoms with E-state index < -0.39 is 0 Å². The van der Waals surface area contributed by atoms with Crippen LogP contribution in [0.2, 0.25) is 0 Å². The van der Waals surface area contributed by atoms with Gasteiger partial charge in [0.25, 0.3) is 0 Å². The van der Waals surface area contributed by atoms with E-state index in [-0.39, 0.29) is 0 Å². The molecule has 1 heterocycles. The van der Waals surface area contributed by atoms with Gasteiger partial charge >= 0.3 is 0 Å². The fraction of sp³-hybridized carbons (Fsp3) is 0.417. The molecule has 2 aromatic rings. The zero-order valence-corrected chi connectivity index (χ0v) is 9.29. The first-order valence-electron chi connectivity index (χ1n) is 5.01. The van der Waals surface area contributed by atoms with Crippen molar-refractivity contribution in [1.29, 1.82) is 0 Å². The van der Waals surface area contributed by atoms with Gasteiger partial charge in [-0.3, -0.25) is 0 Å². The molecule has 0 N–H and O–H groups in total. The van der Waals surface area contributed by atoms with Crippen LogP contribution in [-0.2, 0) is 0 Å². The van der Waals surface area contributed by atoms with Gasteiger partial charge in [0.1, 0.15) is 5.52 Å². The van der Waals surface area contributed by atoms with Crippen molar-refractivity contribution < 1.29 is 4.42 Å². The average molecular weight is 191 g/mol. The van der Waals surface area contributed by atoms with E-state index in [1.807, 2.05) is 32.0 Å². The molecule has 0 fully saturated rings. The van der Waals surface area contributed by atoms with Gasteiger partial charge < -0.3 is 4.42 Å². The van der Waals surface area contributed by atoms with E-state index in [1.165, 1.54) is 12.0 Å². The molecule has 1 aromatic heterocycles. The molecule has 2 rings (SSSR count). The quantitative estimate of drug-likeness (QED) is 0.632. The molecular formula is C12H17NO. The Morgan fingerprint density at radius 1 is 1.21 bits per heavy atom. The first-order valence-corrected chi connectivity index (χ1v) is 5.01. The van der Waals surface area contributed by atoms with Gasteiger partial charge in [0.2, 0.25) is 0 Å². The van der Waals surface area contributed by atoms with Crippen molar-refractivity contribution >= 4 is 11.1 Å². The molecule has 0 atom stereocenters. The van der Waals surface area contributed by atoms with Crippen LogP contribution in [0.4, 0.5) is 0 Å². The minimum Gasteiger partial charge on any atom is -0.441 e. The topological polar surface area (TPSA) is 26.0 Å². The van der Waals surface area contributed by atoms with Crippen molar-refractivity contribution in [3.8, 4) is 0 Å². The van der Waals surface area contributed by atoms with E-state index in [0.29, 0.717) is 0 Å². The number of aromatic nitrogens is 1. The Hall–Kier alpha value is -1.31. The van der Waals surface area contributed by atoms with E-state index in [1.54, 1.807) is 0 Å². The summed E-state index contributed by atoms with van der Waals surface area (Å²) < 4.78 is 5.34. The summed E-state index contributed by atoms with van der Waals surface area (Å²) in [6.45, 7) is 8.15. The van der Waals surface area contributed by atoms with E-state index in [9.17, 15) is 0 Å². The molecule has 0 saturated heterocycles. The fourth-order valence-corrected chi connectivity index (χ4v) is 1.15. The van der Waals surface area contributed by atoms with Crippen molar-refractivity contribution in [3.05, 3.63) is 29.7 Å². The molecule has 0 aliphatic heterocycles. The predicted octanol–water partition coefficient (Wildman–Crippen LogP) is 3.86. The van der Waals surface area contributed by atoms with Gasteiger partial charge in [0.15, 0.2) is 11.5 Å². The van der Waals surface area contributed by atoms with E-state index in [4.69, 9.17) is 4.42 Å². The number of nitrogens with zero attached hydrogens (tertiary/aromatic N) is 1. The highest BCUT2D eigenvalue weighted by Gasteiger charge is 1.99. The van der Waals surface area contributed by atoms with E-state index in [2.05, 4.69) is 18.8 Å². The summed E-state index contributed by atoms with van der Waals surface area (Å²) >= 11 is 0. The molecule has 0 spiro atoms. The summed E-state index contributed by atoms with van der Waals surface area (Å²) in [5.74, 6) is 0.727. The minimum absolute atomic E-state index is 0.727. The smallest absolute Gasteiger partial charge is 0.192 e. The van der Waals surface area contributed by atoms with Crippen LogP contribution in [0.25, 0.3) is 11.1 Å². The summed E-state index contributed by atoms with van der Waals surface area (Å²) in [7, 11) is 0. The number of rotatable bonds is 0. The first-order chi connectivity index (χ1) is 6.67. The molecule has 2 heteroatoms. The lowest BCUT2D eigenvalue weighted by molar-refractivity contribution is 0.561. The van der Waals surface area contributed by atoms with Crippen molar-refractivity contribution in [2.75, 3.05) is 0 Å². The second-order valence-electron chi connectivity index (χ2n) is 3.41. The Morgan fingerprint density at radius 3 is 2.50 bits per heavy atom. The van der Waals surface area contributed by atoms with Crippen LogP contribution < -0.4 is 0 Å². The first kappa shape index (κ1) is 10.8. The van der Waals surface area contributed by atoms with Crippen LogP contribution in [0.1, 0.15) is 31.7 Å². The van der Waals surface area contributed by atoms with Gasteiger partial charge in [-0.1, -0.05) is 26.3 Å². The summed E-state index contributed by atoms with van der Waals surface area (Å²) in [6, 6.07) is 6.00. The highest BCUT2D eigenvalue weighted by atomic mass is 16.3. The molecule has 0 unspecified atom stereocenters. The van der Waals surface area contributed by atoms with Gasteiger partial charge in [-0.05, 0) is 24.6 Å². The SMILES string of the molecule is CCC.Cc1ccc2nc(C)oc2c1. The number of hydrogen-bond donors (Lipinski definition) is 0. The molecular weight excluding hydrogens is 174 g/mol. The maximum absolute atomic E-state index is 5.34. The minimum atomic E-state index is 0.727.